The number of hydrogen-bond donors (Lipinski definition) is 0. The molecule has 0 saturated carbocycles. The summed E-state index contributed by atoms with van der Waals surface area (Å²) in [5.74, 6) is 1.61. The van der Waals surface area contributed by atoms with E-state index in [1.165, 1.54) is 0 Å². The Balaban J connectivity index is 2.46. The van der Waals surface area contributed by atoms with Gasteiger partial charge in [0.2, 0.25) is 0 Å². The van der Waals surface area contributed by atoms with Gasteiger partial charge in [-0.3, -0.25) is 4.79 Å². The van der Waals surface area contributed by atoms with Crippen LogP contribution in [0.25, 0.3) is 0 Å². The summed E-state index contributed by atoms with van der Waals surface area (Å²) >= 11 is 0. The maximum atomic E-state index is 10.7. The van der Waals surface area contributed by atoms with Gasteiger partial charge in [0.1, 0.15) is 17.3 Å². The van der Waals surface area contributed by atoms with Crippen molar-refractivity contribution in [3.63, 3.8) is 0 Å². The number of carbonyl (C=O) groups is 1. The number of methoxy groups -OCH3 is 1. The van der Waals surface area contributed by atoms with Gasteiger partial charge < -0.3 is 9.47 Å². The van der Waals surface area contributed by atoms with Crippen molar-refractivity contribution >= 4 is 5.78 Å². The number of ether oxygens (including phenoxy) is 2. The fraction of sp³-hybridized carbons (Fsp3) is 0.364. The zero-order chi connectivity index (χ0) is 10.4. The molecule has 0 bridgehead atoms. The zero-order valence-electron chi connectivity index (χ0n) is 8.45. The molecule has 1 aromatic carbocycles. The van der Waals surface area contributed by atoms with Gasteiger partial charge in [-0.15, -0.1) is 0 Å². The van der Waals surface area contributed by atoms with E-state index < -0.39 is 0 Å². The summed E-state index contributed by atoms with van der Waals surface area (Å²) in [6.45, 7) is 1.97. The third-order valence-electron chi connectivity index (χ3n) is 1.76. The second kappa shape index (κ2) is 5.27. The molecule has 0 N–H and O–H groups in total. The van der Waals surface area contributed by atoms with Crippen LogP contribution in [0.1, 0.15) is 13.3 Å². The largest absolute Gasteiger partial charge is 0.497 e. The predicted molar refractivity (Wildman–Crippen MR) is 53.8 cm³/mol. The smallest absolute Gasteiger partial charge is 0.133 e. The molecule has 1 aromatic rings. The zero-order valence-corrected chi connectivity index (χ0v) is 8.45. The first-order valence-electron chi connectivity index (χ1n) is 4.48. The SMILES string of the molecule is COc1cccc(OCCC(C)=O)c1. The van der Waals surface area contributed by atoms with Gasteiger partial charge in [-0.2, -0.15) is 0 Å². The molecule has 14 heavy (non-hydrogen) atoms. The van der Waals surface area contributed by atoms with Crippen LogP contribution in [0.5, 0.6) is 11.5 Å². The van der Waals surface area contributed by atoms with E-state index in [9.17, 15) is 4.79 Å². The molecule has 0 aliphatic rings. The van der Waals surface area contributed by atoms with Crippen molar-refractivity contribution in [1.82, 2.24) is 0 Å². The van der Waals surface area contributed by atoms with E-state index in [0.29, 0.717) is 13.0 Å². The molecule has 0 saturated heterocycles. The Hall–Kier alpha value is -1.51. The molecule has 0 spiro atoms. The molecule has 0 fully saturated rings. The minimum atomic E-state index is 0.132. The molecule has 0 aromatic heterocycles. The first kappa shape index (κ1) is 10.6. The fourth-order valence-corrected chi connectivity index (χ4v) is 1.00. The van der Waals surface area contributed by atoms with E-state index in [2.05, 4.69) is 0 Å². The normalized spacial score (nSPS) is 9.57. The Morgan fingerprint density at radius 1 is 1.36 bits per heavy atom. The molecule has 0 aliphatic heterocycles. The number of rotatable bonds is 5. The van der Waals surface area contributed by atoms with Crippen LogP contribution in [0.15, 0.2) is 24.3 Å². The van der Waals surface area contributed by atoms with Gasteiger partial charge >= 0.3 is 0 Å². The number of benzene rings is 1. The van der Waals surface area contributed by atoms with E-state index in [-0.39, 0.29) is 5.78 Å². The molecule has 0 unspecified atom stereocenters. The standard InChI is InChI=1S/C11H14O3/c1-9(12)6-7-14-11-5-3-4-10(8-11)13-2/h3-5,8H,6-7H2,1-2H3. The second-order valence-corrected chi connectivity index (χ2v) is 2.98. The summed E-state index contributed by atoms with van der Waals surface area (Å²) in [5.41, 5.74) is 0. The van der Waals surface area contributed by atoms with Gasteiger partial charge in [-0.05, 0) is 19.1 Å². The van der Waals surface area contributed by atoms with Crippen molar-refractivity contribution < 1.29 is 14.3 Å². The number of carbonyl (C=O) groups excluding carboxylic acids is 1. The van der Waals surface area contributed by atoms with E-state index in [4.69, 9.17) is 9.47 Å². The summed E-state index contributed by atoms with van der Waals surface area (Å²) in [5, 5.41) is 0. The van der Waals surface area contributed by atoms with E-state index in [1.54, 1.807) is 20.1 Å². The molecule has 1 rings (SSSR count). The topological polar surface area (TPSA) is 35.5 Å². The molecular formula is C11H14O3. The molecule has 0 amide bonds. The van der Waals surface area contributed by atoms with Crippen LogP contribution < -0.4 is 9.47 Å². The summed E-state index contributed by atoms with van der Waals surface area (Å²) in [6, 6.07) is 7.32. The van der Waals surface area contributed by atoms with E-state index >= 15 is 0 Å². The van der Waals surface area contributed by atoms with E-state index in [0.717, 1.165) is 11.5 Å². The summed E-state index contributed by atoms with van der Waals surface area (Å²) in [6.07, 6.45) is 0.442. The second-order valence-electron chi connectivity index (χ2n) is 2.98. The highest BCUT2D eigenvalue weighted by atomic mass is 16.5. The quantitative estimate of drug-likeness (QED) is 0.719. The Bertz CT molecular complexity index is 307. The van der Waals surface area contributed by atoms with Crippen LogP contribution in [0.3, 0.4) is 0 Å². The summed E-state index contributed by atoms with van der Waals surface area (Å²) in [4.78, 5) is 10.7. The van der Waals surface area contributed by atoms with Crippen molar-refractivity contribution in [2.24, 2.45) is 0 Å². The van der Waals surface area contributed by atoms with Gasteiger partial charge in [0.25, 0.3) is 0 Å². The monoisotopic (exact) mass is 194 g/mol. The third-order valence-corrected chi connectivity index (χ3v) is 1.76. The van der Waals surface area contributed by atoms with Gasteiger partial charge in [0, 0.05) is 12.5 Å². The molecule has 0 aliphatic carbocycles. The average Bonchev–Trinajstić information content (AvgIpc) is 2.18. The van der Waals surface area contributed by atoms with Gasteiger partial charge in [-0.25, -0.2) is 0 Å². The predicted octanol–water partition coefficient (Wildman–Crippen LogP) is 2.05. The van der Waals surface area contributed by atoms with Crippen LogP contribution >= 0.6 is 0 Å². The fourth-order valence-electron chi connectivity index (χ4n) is 1.00. The highest BCUT2D eigenvalue weighted by Crippen LogP contribution is 2.18. The van der Waals surface area contributed by atoms with Crippen molar-refractivity contribution in [2.45, 2.75) is 13.3 Å². The first-order valence-corrected chi connectivity index (χ1v) is 4.48. The minimum absolute atomic E-state index is 0.132. The molecule has 3 heteroatoms. The van der Waals surface area contributed by atoms with Crippen LogP contribution in [0.2, 0.25) is 0 Å². The van der Waals surface area contributed by atoms with Crippen molar-refractivity contribution in [2.75, 3.05) is 13.7 Å². The maximum absolute atomic E-state index is 10.7. The molecule has 76 valence electrons. The molecule has 3 nitrogen and oxygen atoms in total. The van der Waals surface area contributed by atoms with Crippen molar-refractivity contribution in [3.8, 4) is 11.5 Å². The number of hydrogen-bond acceptors (Lipinski definition) is 3. The highest BCUT2D eigenvalue weighted by Gasteiger charge is 1.97. The lowest BCUT2D eigenvalue weighted by Crippen LogP contribution is -2.02. The number of Topliss-reactive ketones (excluding diaryl/α,β-unsaturated/α-hetero) is 1. The van der Waals surface area contributed by atoms with Crippen LogP contribution in [0, 0.1) is 0 Å². The minimum Gasteiger partial charge on any atom is -0.497 e. The average molecular weight is 194 g/mol. The van der Waals surface area contributed by atoms with Crippen LogP contribution in [0.4, 0.5) is 0 Å². The highest BCUT2D eigenvalue weighted by molar-refractivity contribution is 5.75. The molecule has 0 heterocycles. The lowest BCUT2D eigenvalue weighted by atomic mass is 10.3. The van der Waals surface area contributed by atoms with Crippen LogP contribution in [-0.4, -0.2) is 19.5 Å². The van der Waals surface area contributed by atoms with Gasteiger partial charge in [-0.1, -0.05) is 6.07 Å². The number of ketones is 1. The Morgan fingerprint density at radius 2 is 2.07 bits per heavy atom. The van der Waals surface area contributed by atoms with Crippen molar-refractivity contribution in [1.29, 1.82) is 0 Å². The molecule has 0 atom stereocenters. The summed E-state index contributed by atoms with van der Waals surface area (Å²) in [7, 11) is 1.61. The third kappa shape index (κ3) is 3.47. The molecule has 0 radical (unpaired) electrons. The first-order chi connectivity index (χ1) is 6.72. The Labute approximate surface area is 83.6 Å². The summed E-state index contributed by atoms with van der Waals surface area (Å²) < 4.78 is 10.4. The van der Waals surface area contributed by atoms with Crippen molar-refractivity contribution in [3.05, 3.63) is 24.3 Å². The maximum Gasteiger partial charge on any atom is 0.133 e. The molecular weight excluding hydrogens is 180 g/mol. The Morgan fingerprint density at radius 3 is 2.71 bits per heavy atom. The Kier molecular flexibility index (Phi) is 3.98. The van der Waals surface area contributed by atoms with Crippen LogP contribution in [-0.2, 0) is 4.79 Å². The lowest BCUT2D eigenvalue weighted by Gasteiger charge is -2.06. The lowest BCUT2D eigenvalue weighted by molar-refractivity contribution is -0.117. The van der Waals surface area contributed by atoms with Gasteiger partial charge in [0.05, 0.1) is 13.7 Å². The van der Waals surface area contributed by atoms with Gasteiger partial charge in [0.15, 0.2) is 0 Å². The van der Waals surface area contributed by atoms with E-state index in [1.807, 2.05) is 18.2 Å².